The fraction of sp³-hybridized carbons (Fsp3) is 0.0769. The van der Waals surface area contributed by atoms with Crippen LogP contribution in [0, 0.1) is 12.7 Å². The fourth-order valence-electron chi connectivity index (χ4n) is 1.72. The standard InChI is InChI=1S/C13H12BrFN2O2S/c1-8-12(16)5-9(14)6-13(8)20(18,19)17-11-4-2-3-10(15)7-11/h2-7,17H,16H2,1H3. The summed E-state index contributed by atoms with van der Waals surface area (Å²) in [6.07, 6.45) is 0. The van der Waals surface area contributed by atoms with Crippen LogP contribution >= 0.6 is 15.9 Å². The molecule has 106 valence electrons. The summed E-state index contributed by atoms with van der Waals surface area (Å²) >= 11 is 3.20. The number of sulfonamides is 1. The minimum absolute atomic E-state index is 0.0497. The van der Waals surface area contributed by atoms with Gasteiger partial charge in [0, 0.05) is 10.2 Å². The second-order valence-corrected chi connectivity index (χ2v) is 6.80. The number of halogens is 2. The maximum atomic E-state index is 13.1. The van der Waals surface area contributed by atoms with Gasteiger partial charge in [0.05, 0.1) is 10.6 Å². The number of hydrogen-bond acceptors (Lipinski definition) is 3. The summed E-state index contributed by atoms with van der Waals surface area (Å²) < 4.78 is 40.6. The molecular formula is C13H12BrFN2O2S. The fourth-order valence-corrected chi connectivity index (χ4v) is 3.69. The second kappa shape index (κ2) is 5.41. The smallest absolute Gasteiger partial charge is 0.262 e. The summed E-state index contributed by atoms with van der Waals surface area (Å²) in [7, 11) is -3.83. The number of nitrogens with one attached hydrogen (secondary N) is 1. The van der Waals surface area contributed by atoms with Crippen molar-refractivity contribution in [2.24, 2.45) is 0 Å². The highest BCUT2D eigenvalue weighted by molar-refractivity contribution is 9.10. The Morgan fingerprint density at radius 1 is 1.25 bits per heavy atom. The van der Waals surface area contributed by atoms with Crippen molar-refractivity contribution in [3.05, 3.63) is 52.3 Å². The third kappa shape index (κ3) is 3.10. The lowest BCUT2D eigenvalue weighted by Gasteiger charge is -2.12. The Balaban J connectivity index is 2.46. The molecule has 0 aliphatic rings. The molecule has 0 amide bonds. The largest absolute Gasteiger partial charge is 0.398 e. The van der Waals surface area contributed by atoms with E-state index >= 15 is 0 Å². The number of rotatable bonds is 3. The first-order valence-corrected chi connectivity index (χ1v) is 7.91. The monoisotopic (exact) mass is 358 g/mol. The van der Waals surface area contributed by atoms with Gasteiger partial charge in [-0.3, -0.25) is 4.72 Å². The van der Waals surface area contributed by atoms with Crippen LogP contribution in [0.3, 0.4) is 0 Å². The van der Waals surface area contributed by atoms with Crippen molar-refractivity contribution in [3.8, 4) is 0 Å². The molecule has 2 aromatic rings. The molecule has 0 fully saturated rings. The van der Waals surface area contributed by atoms with Crippen LogP contribution in [0.2, 0.25) is 0 Å². The van der Waals surface area contributed by atoms with Gasteiger partial charge < -0.3 is 5.73 Å². The lowest BCUT2D eigenvalue weighted by molar-refractivity contribution is 0.600. The first-order chi connectivity index (χ1) is 9.29. The molecule has 3 N–H and O–H groups in total. The lowest BCUT2D eigenvalue weighted by Crippen LogP contribution is -2.15. The molecule has 0 radical (unpaired) electrons. The average molecular weight is 359 g/mol. The van der Waals surface area contributed by atoms with Gasteiger partial charge in [0.25, 0.3) is 10.0 Å². The average Bonchev–Trinajstić information content (AvgIpc) is 2.33. The van der Waals surface area contributed by atoms with E-state index in [0.29, 0.717) is 15.7 Å². The molecule has 0 saturated heterocycles. The van der Waals surface area contributed by atoms with E-state index in [2.05, 4.69) is 20.7 Å². The van der Waals surface area contributed by atoms with E-state index in [9.17, 15) is 12.8 Å². The number of nitrogen functional groups attached to an aromatic ring is 1. The van der Waals surface area contributed by atoms with Crippen LogP contribution in [0.4, 0.5) is 15.8 Å². The maximum Gasteiger partial charge on any atom is 0.262 e. The Labute approximate surface area is 125 Å². The molecule has 0 aliphatic heterocycles. The van der Waals surface area contributed by atoms with Crippen molar-refractivity contribution < 1.29 is 12.8 Å². The Kier molecular flexibility index (Phi) is 4.01. The van der Waals surface area contributed by atoms with Crippen molar-refractivity contribution in [3.63, 3.8) is 0 Å². The summed E-state index contributed by atoms with van der Waals surface area (Å²) in [6, 6.07) is 8.31. The highest BCUT2D eigenvalue weighted by Crippen LogP contribution is 2.27. The van der Waals surface area contributed by atoms with Gasteiger partial charge >= 0.3 is 0 Å². The quantitative estimate of drug-likeness (QED) is 0.827. The highest BCUT2D eigenvalue weighted by Gasteiger charge is 2.19. The Morgan fingerprint density at radius 2 is 1.95 bits per heavy atom. The summed E-state index contributed by atoms with van der Waals surface area (Å²) in [5.41, 5.74) is 6.71. The normalized spacial score (nSPS) is 11.3. The maximum absolute atomic E-state index is 13.1. The molecule has 0 saturated carbocycles. The lowest BCUT2D eigenvalue weighted by atomic mass is 10.2. The van der Waals surface area contributed by atoms with Crippen molar-refractivity contribution >= 4 is 37.3 Å². The van der Waals surface area contributed by atoms with Crippen LogP contribution in [0.25, 0.3) is 0 Å². The molecule has 0 atom stereocenters. The van der Waals surface area contributed by atoms with Gasteiger partial charge in [-0.15, -0.1) is 0 Å². The summed E-state index contributed by atoms with van der Waals surface area (Å²) in [5.74, 6) is -0.518. The van der Waals surface area contributed by atoms with Crippen LogP contribution in [0.15, 0.2) is 45.8 Å². The van der Waals surface area contributed by atoms with Crippen LogP contribution in [0.1, 0.15) is 5.56 Å². The van der Waals surface area contributed by atoms with E-state index in [1.54, 1.807) is 13.0 Å². The first-order valence-electron chi connectivity index (χ1n) is 5.63. The van der Waals surface area contributed by atoms with Crippen LogP contribution < -0.4 is 10.5 Å². The molecule has 0 aromatic heterocycles. The Bertz CT molecular complexity index is 763. The van der Waals surface area contributed by atoms with E-state index in [1.165, 1.54) is 24.3 Å². The molecule has 0 bridgehead atoms. The van der Waals surface area contributed by atoms with Crippen LogP contribution in [-0.2, 0) is 10.0 Å². The molecule has 20 heavy (non-hydrogen) atoms. The minimum atomic E-state index is -3.83. The van der Waals surface area contributed by atoms with E-state index in [1.807, 2.05) is 0 Å². The third-order valence-electron chi connectivity index (χ3n) is 2.73. The van der Waals surface area contributed by atoms with E-state index in [0.717, 1.165) is 6.07 Å². The predicted octanol–water partition coefficient (Wildman–Crippen LogP) is 3.28. The van der Waals surface area contributed by atoms with Gasteiger partial charge in [-0.1, -0.05) is 22.0 Å². The molecule has 0 spiro atoms. The predicted molar refractivity (Wildman–Crippen MR) is 80.5 cm³/mol. The minimum Gasteiger partial charge on any atom is -0.398 e. The van der Waals surface area contributed by atoms with E-state index in [-0.39, 0.29) is 10.6 Å². The molecule has 0 heterocycles. The molecule has 4 nitrogen and oxygen atoms in total. The molecule has 0 unspecified atom stereocenters. The van der Waals surface area contributed by atoms with Gasteiger partial charge in [-0.05, 0) is 42.8 Å². The van der Waals surface area contributed by atoms with E-state index in [4.69, 9.17) is 5.73 Å². The SMILES string of the molecule is Cc1c(N)cc(Br)cc1S(=O)(=O)Nc1cccc(F)c1. The number of nitrogens with two attached hydrogens (primary N) is 1. The van der Waals surface area contributed by atoms with Gasteiger partial charge in [0.15, 0.2) is 0 Å². The number of benzene rings is 2. The topological polar surface area (TPSA) is 72.2 Å². The van der Waals surface area contributed by atoms with Crippen molar-refractivity contribution in [1.82, 2.24) is 0 Å². The van der Waals surface area contributed by atoms with Crippen LogP contribution in [0.5, 0.6) is 0 Å². The van der Waals surface area contributed by atoms with E-state index < -0.39 is 15.8 Å². The number of hydrogen-bond donors (Lipinski definition) is 2. The Morgan fingerprint density at radius 3 is 2.60 bits per heavy atom. The van der Waals surface area contributed by atoms with Gasteiger partial charge in [-0.2, -0.15) is 0 Å². The molecule has 2 aromatic carbocycles. The summed E-state index contributed by atoms with van der Waals surface area (Å²) in [5, 5.41) is 0. The zero-order valence-corrected chi connectivity index (χ0v) is 12.9. The summed E-state index contributed by atoms with van der Waals surface area (Å²) in [6.45, 7) is 1.61. The zero-order valence-electron chi connectivity index (χ0n) is 10.5. The van der Waals surface area contributed by atoms with Gasteiger partial charge in [0.1, 0.15) is 5.82 Å². The Hall–Kier alpha value is -1.60. The third-order valence-corrected chi connectivity index (χ3v) is 4.70. The zero-order chi connectivity index (χ0) is 14.9. The van der Waals surface area contributed by atoms with Gasteiger partial charge in [0.2, 0.25) is 0 Å². The van der Waals surface area contributed by atoms with Crippen molar-refractivity contribution in [2.45, 2.75) is 11.8 Å². The number of anilines is 2. The van der Waals surface area contributed by atoms with Crippen LogP contribution in [-0.4, -0.2) is 8.42 Å². The van der Waals surface area contributed by atoms with Crippen molar-refractivity contribution in [2.75, 3.05) is 10.5 Å². The van der Waals surface area contributed by atoms with Crippen molar-refractivity contribution in [1.29, 1.82) is 0 Å². The molecule has 7 heteroatoms. The van der Waals surface area contributed by atoms with Gasteiger partial charge in [-0.25, -0.2) is 12.8 Å². The first kappa shape index (κ1) is 14.8. The molecule has 0 aliphatic carbocycles. The molecular weight excluding hydrogens is 347 g/mol. The summed E-state index contributed by atoms with van der Waals surface area (Å²) in [4.78, 5) is 0.0497. The second-order valence-electron chi connectivity index (χ2n) is 4.23. The highest BCUT2D eigenvalue weighted by atomic mass is 79.9. The molecule has 2 rings (SSSR count).